The molecule has 0 aromatic heterocycles. The zero-order chi connectivity index (χ0) is 11.5. The Balaban J connectivity index is 2.11. The van der Waals surface area contributed by atoms with Gasteiger partial charge in [0.1, 0.15) is 0 Å². The summed E-state index contributed by atoms with van der Waals surface area (Å²) < 4.78 is 0. The van der Waals surface area contributed by atoms with Crippen LogP contribution in [0.15, 0.2) is 24.3 Å². The highest BCUT2D eigenvalue weighted by atomic mass is 16.4. The second-order valence-electron chi connectivity index (χ2n) is 4.53. The third-order valence-corrected chi connectivity index (χ3v) is 3.25. The van der Waals surface area contributed by atoms with E-state index in [9.17, 15) is 4.79 Å². The Kier molecular flexibility index (Phi) is 3.25. The molecule has 1 N–H and O–H groups in total. The van der Waals surface area contributed by atoms with Crippen LogP contribution in [0.1, 0.15) is 34.7 Å². The predicted molar refractivity (Wildman–Crippen MR) is 62.9 cm³/mol. The smallest absolute Gasteiger partial charge is 0.335 e. The van der Waals surface area contributed by atoms with Gasteiger partial charge in [-0.05, 0) is 50.0 Å². The fourth-order valence-electron chi connectivity index (χ4n) is 2.34. The van der Waals surface area contributed by atoms with E-state index in [0.717, 1.165) is 6.54 Å². The molecule has 1 aliphatic rings. The van der Waals surface area contributed by atoms with Gasteiger partial charge in [0, 0.05) is 6.54 Å². The van der Waals surface area contributed by atoms with Crippen LogP contribution in [0.25, 0.3) is 0 Å². The quantitative estimate of drug-likeness (QED) is 0.829. The molecular formula is C13H17NO2. The molecule has 3 nitrogen and oxygen atoms in total. The Morgan fingerprint density at radius 1 is 1.38 bits per heavy atom. The van der Waals surface area contributed by atoms with E-state index in [-0.39, 0.29) is 0 Å². The summed E-state index contributed by atoms with van der Waals surface area (Å²) in [4.78, 5) is 13.1. The zero-order valence-corrected chi connectivity index (χ0v) is 9.52. The van der Waals surface area contributed by atoms with Crippen LogP contribution in [0, 0.1) is 0 Å². The van der Waals surface area contributed by atoms with Crippen LogP contribution in [-0.2, 0) is 0 Å². The summed E-state index contributed by atoms with van der Waals surface area (Å²) in [5, 5.41) is 8.82. The Hall–Kier alpha value is -1.35. The van der Waals surface area contributed by atoms with Gasteiger partial charge in [0.15, 0.2) is 0 Å². The van der Waals surface area contributed by atoms with E-state index in [1.165, 1.54) is 24.9 Å². The fraction of sp³-hybridized carbons (Fsp3) is 0.462. The van der Waals surface area contributed by atoms with Crippen molar-refractivity contribution in [3.05, 3.63) is 35.4 Å². The lowest BCUT2D eigenvalue weighted by molar-refractivity contribution is 0.0697. The first-order valence-corrected chi connectivity index (χ1v) is 5.68. The van der Waals surface area contributed by atoms with Crippen molar-refractivity contribution in [2.24, 2.45) is 0 Å². The van der Waals surface area contributed by atoms with E-state index < -0.39 is 5.97 Å². The van der Waals surface area contributed by atoms with Gasteiger partial charge < -0.3 is 10.0 Å². The number of hydrogen-bond donors (Lipinski definition) is 1. The van der Waals surface area contributed by atoms with E-state index in [0.29, 0.717) is 11.5 Å². The molecule has 0 amide bonds. The van der Waals surface area contributed by atoms with Gasteiger partial charge in [-0.2, -0.15) is 0 Å². The highest BCUT2D eigenvalue weighted by molar-refractivity contribution is 5.87. The molecule has 1 heterocycles. The maximum atomic E-state index is 10.7. The third kappa shape index (κ3) is 2.42. The summed E-state index contributed by atoms with van der Waals surface area (Å²) in [7, 11) is 2.14. The number of carboxylic acid groups (broad SMARTS) is 1. The molecule has 86 valence electrons. The molecule has 1 aromatic rings. The number of carboxylic acids is 1. The van der Waals surface area contributed by atoms with Gasteiger partial charge in [-0.1, -0.05) is 12.1 Å². The average Bonchev–Trinajstić information content (AvgIpc) is 2.29. The van der Waals surface area contributed by atoms with Crippen molar-refractivity contribution >= 4 is 5.97 Å². The first-order valence-electron chi connectivity index (χ1n) is 5.68. The van der Waals surface area contributed by atoms with E-state index in [1.54, 1.807) is 12.1 Å². The largest absolute Gasteiger partial charge is 0.478 e. The minimum atomic E-state index is -0.854. The number of rotatable bonds is 2. The van der Waals surface area contributed by atoms with Crippen LogP contribution in [0.2, 0.25) is 0 Å². The molecule has 3 heteroatoms. The number of hydrogen-bond acceptors (Lipinski definition) is 2. The lowest BCUT2D eigenvalue weighted by Gasteiger charge is -2.29. The SMILES string of the molecule is CN1CCCC(c2ccc(C(=O)O)cc2)C1. The Labute approximate surface area is 95.7 Å². The molecule has 0 spiro atoms. The van der Waals surface area contributed by atoms with Gasteiger partial charge in [-0.15, -0.1) is 0 Å². The fourth-order valence-corrected chi connectivity index (χ4v) is 2.34. The van der Waals surface area contributed by atoms with Crippen LogP contribution < -0.4 is 0 Å². The van der Waals surface area contributed by atoms with Crippen molar-refractivity contribution in [1.82, 2.24) is 4.90 Å². The number of nitrogens with zero attached hydrogens (tertiary/aromatic N) is 1. The van der Waals surface area contributed by atoms with Gasteiger partial charge in [-0.3, -0.25) is 0 Å². The Morgan fingerprint density at radius 2 is 2.06 bits per heavy atom. The summed E-state index contributed by atoms with van der Waals surface area (Å²) in [5.41, 5.74) is 1.63. The van der Waals surface area contributed by atoms with Gasteiger partial charge in [-0.25, -0.2) is 4.79 Å². The summed E-state index contributed by atoms with van der Waals surface area (Å²) >= 11 is 0. The van der Waals surface area contributed by atoms with Crippen LogP contribution in [0.3, 0.4) is 0 Å². The molecule has 1 unspecified atom stereocenters. The van der Waals surface area contributed by atoms with Crippen molar-refractivity contribution in [1.29, 1.82) is 0 Å². The molecular weight excluding hydrogens is 202 g/mol. The summed E-state index contributed by atoms with van der Waals surface area (Å²) in [5.74, 6) is -0.297. The average molecular weight is 219 g/mol. The number of likely N-dealkylation sites (N-methyl/N-ethyl adjacent to an activating group) is 1. The van der Waals surface area contributed by atoms with Gasteiger partial charge >= 0.3 is 5.97 Å². The number of piperidine rings is 1. The molecule has 1 saturated heterocycles. The molecule has 0 saturated carbocycles. The zero-order valence-electron chi connectivity index (χ0n) is 9.52. The minimum absolute atomic E-state index is 0.368. The lowest BCUT2D eigenvalue weighted by atomic mass is 9.90. The molecule has 1 atom stereocenters. The highest BCUT2D eigenvalue weighted by Gasteiger charge is 2.18. The molecule has 0 aliphatic carbocycles. The molecule has 2 rings (SSSR count). The second kappa shape index (κ2) is 4.66. The van der Waals surface area contributed by atoms with Gasteiger partial charge in [0.05, 0.1) is 5.56 Å². The van der Waals surface area contributed by atoms with Crippen LogP contribution in [0.4, 0.5) is 0 Å². The monoisotopic (exact) mass is 219 g/mol. The second-order valence-corrected chi connectivity index (χ2v) is 4.53. The summed E-state index contributed by atoms with van der Waals surface area (Å²) in [6.07, 6.45) is 2.43. The van der Waals surface area contributed by atoms with E-state index in [1.807, 2.05) is 12.1 Å². The van der Waals surface area contributed by atoms with Crippen molar-refractivity contribution in [3.8, 4) is 0 Å². The van der Waals surface area contributed by atoms with Gasteiger partial charge in [0.2, 0.25) is 0 Å². The first kappa shape index (κ1) is 11.1. The molecule has 1 aliphatic heterocycles. The topological polar surface area (TPSA) is 40.5 Å². The summed E-state index contributed by atoms with van der Waals surface area (Å²) in [6.45, 7) is 2.25. The predicted octanol–water partition coefficient (Wildman–Crippen LogP) is 2.19. The molecule has 1 aromatic carbocycles. The van der Waals surface area contributed by atoms with E-state index in [4.69, 9.17) is 5.11 Å². The first-order chi connectivity index (χ1) is 7.66. The highest BCUT2D eigenvalue weighted by Crippen LogP contribution is 2.26. The minimum Gasteiger partial charge on any atom is -0.478 e. The number of likely N-dealkylation sites (tertiary alicyclic amines) is 1. The Morgan fingerprint density at radius 3 is 2.62 bits per heavy atom. The number of aromatic carboxylic acids is 1. The lowest BCUT2D eigenvalue weighted by Crippen LogP contribution is -2.30. The number of benzene rings is 1. The van der Waals surface area contributed by atoms with Crippen LogP contribution in [-0.4, -0.2) is 36.1 Å². The van der Waals surface area contributed by atoms with Crippen LogP contribution >= 0.6 is 0 Å². The third-order valence-electron chi connectivity index (χ3n) is 3.25. The number of carbonyl (C=O) groups is 1. The van der Waals surface area contributed by atoms with E-state index >= 15 is 0 Å². The van der Waals surface area contributed by atoms with Crippen molar-refractivity contribution < 1.29 is 9.90 Å². The summed E-state index contributed by atoms with van der Waals surface area (Å²) in [6, 6.07) is 7.30. The molecule has 0 bridgehead atoms. The van der Waals surface area contributed by atoms with Crippen LogP contribution in [0.5, 0.6) is 0 Å². The van der Waals surface area contributed by atoms with E-state index in [2.05, 4.69) is 11.9 Å². The molecule has 0 radical (unpaired) electrons. The maximum Gasteiger partial charge on any atom is 0.335 e. The molecule has 16 heavy (non-hydrogen) atoms. The van der Waals surface area contributed by atoms with Crippen molar-refractivity contribution in [3.63, 3.8) is 0 Å². The van der Waals surface area contributed by atoms with Gasteiger partial charge in [0.25, 0.3) is 0 Å². The molecule has 1 fully saturated rings. The van der Waals surface area contributed by atoms with Crippen molar-refractivity contribution in [2.75, 3.05) is 20.1 Å². The standard InChI is InChI=1S/C13H17NO2/c1-14-8-2-3-12(9-14)10-4-6-11(7-5-10)13(15)16/h4-7,12H,2-3,8-9H2,1H3,(H,15,16). The van der Waals surface area contributed by atoms with Crippen molar-refractivity contribution in [2.45, 2.75) is 18.8 Å². The normalized spacial score (nSPS) is 21.9. The maximum absolute atomic E-state index is 10.7. The Bertz CT molecular complexity index is 372.